The van der Waals surface area contributed by atoms with E-state index < -0.39 is 0 Å². The number of carbonyl (C=O) groups excluding carboxylic acids is 1. The minimum Gasteiger partial charge on any atom is -0.345 e. The Morgan fingerprint density at radius 2 is 1.89 bits per heavy atom. The highest BCUT2D eigenvalue weighted by Crippen LogP contribution is 2.28. The van der Waals surface area contributed by atoms with E-state index in [0.717, 1.165) is 16.3 Å². The van der Waals surface area contributed by atoms with Gasteiger partial charge in [0.1, 0.15) is 0 Å². The second kappa shape index (κ2) is 9.45. The number of hydrogen-bond donors (Lipinski definition) is 1. The van der Waals surface area contributed by atoms with E-state index in [1.165, 1.54) is 0 Å². The van der Waals surface area contributed by atoms with Crippen molar-refractivity contribution >= 4 is 40.9 Å². The maximum atomic E-state index is 12.3. The van der Waals surface area contributed by atoms with Crippen LogP contribution in [0.25, 0.3) is 0 Å². The Kier molecular flexibility index (Phi) is 6.99. The summed E-state index contributed by atoms with van der Waals surface area (Å²) in [6.07, 6.45) is 0. The van der Waals surface area contributed by atoms with E-state index in [0.29, 0.717) is 40.3 Å². The molecule has 0 saturated heterocycles. The molecular formula is C20H20Cl2N4OS. The summed E-state index contributed by atoms with van der Waals surface area (Å²) in [5.74, 6) is 1.24. The molecule has 5 nitrogen and oxygen atoms in total. The van der Waals surface area contributed by atoms with Crippen molar-refractivity contribution in [3.8, 4) is 0 Å². The average molecular weight is 435 g/mol. The van der Waals surface area contributed by atoms with E-state index in [9.17, 15) is 4.79 Å². The molecule has 1 amide bonds. The zero-order valence-electron chi connectivity index (χ0n) is 15.6. The fraction of sp³-hybridized carbons (Fsp3) is 0.250. The van der Waals surface area contributed by atoms with E-state index in [2.05, 4.69) is 15.5 Å². The van der Waals surface area contributed by atoms with Gasteiger partial charge in [-0.05, 0) is 43.7 Å². The average Bonchev–Trinajstić information content (AvgIpc) is 3.07. The lowest BCUT2D eigenvalue weighted by molar-refractivity contribution is 0.0949. The van der Waals surface area contributed by atoms with Crippen LogP contribution < -0.4 is 5.32 Å². The van der Waals surface area contributed by atoms with Gasteiger partial charge >= 0.3 is 0 Å². The fourth-order valence-corrected chi connectivity index (χ4v) is 4.20. The zero-order valence-corrected chi connectivity index (χ0v) is 17.9. The van der Waals surface area contributed by atoms with Gasteiger partial charge in [-0.3, -0.25) is 4.79 Å². The highest BCUT2D eigenvalue weighted by atomic mass is 35.5. The van der Waals surface area contributed by atoms with Crippen LogP contribution in [-0.2, 0) is 18.8 Å². The van der Waals surface area contributed by atoms with Gasteiger partial charge in [0.2, 0.25) is 0 Å². The standard InChI is InChI=1S/C20H20Cl2N4OS/c1-3-26-18(11-23-19(27)14-6-4-13(2)5-7-14)24-25-20(26)28-12-15-8-9-16(21)10-17(15)22/h4-10H,3,11-12H2,1-2H3,(H,23,27). The molecule has 0 aliphatic carbocycles. The largest absolute Gasteiger partial charge is 0.345 e. The Balaban J connectivity index is 1.64. The number of aromatic nitrogens is 3. The summed E-state index contributed by atoms with van der Waals surface area (Å²) in [7, 11) is 0. The Bertz CT molecular complexity index is 973. The molecular weight excluding hydrogens is 415 g/mol. The predicted octanol–water partition coefficient (Wildman–Crippen LogP) is 5.14. The van der Waals surface area contributed by atoms with Crippen LogP contribution in [0.4, 0.5) is 0 Å². The molecule has 0 atom stereocenters. The molecule has 0 bridgehead atoms. The maximum absolute atomic E-state index is 12.3. The van der Waals surface area contributed by atoms with E-state index in [-0.39, 0.29) is 5.91 Å². The van der Waals surface area contributed by atoms with E-state index in [1.807, 2.05) is 54.8 Å². The number of amides is 1. The van der Waals surface area contributed by atoms with Crippen LogP contribution in [0, 0.1) is 6.92 Å². The molecule has 1 heterocycles. The van der Waals surface area contributed by atoms with Crippen LogP contribution in [0.3, 0.4) is 0 Å². The first kappa shape index (κ1) is 20.7. The van der Waals surface area contributed by atoms with Gasteiger partial charge in [0, 0.05) is 27.9 Å². The summed E-state index contributed by atoms with van der Waals surface area (Å²) in [6, 6.07) is 12.9. The summed E-state index contributed by atoms with van der Waals surface area (Å²) >= 11 is 13.7. The zero-order chi connectivity index (χ0) is 20.1. The number of hydrogen-bond acceptors (Lipinski definition) is 4. The lowest BCUT2D eigenvalue weighted by atomic mass is 10.1. The first-order chi connectivity index (χ1) is 13.5. The van der Waals surface area contributed by atoms with Gasteiger partial charge in [-0.25, -0.2) is 0 Å². The molecule has 0 spiro atoms. The van der Waals surface area contributed by atoms with Crippen molar-refractivity contribution in [2.75, 3.05) is 0 Å². The Morgan fingerprint density at radius 1 is 1.14 bits per heavy atom. The van der Waals surface area contributed by atoms with Crippen LogP contribution in [0.1, 0.15) is 34.2 Å². The molecule has 8 heteroatoms. The first-order valence-electron chi connectivity index (χ1n) is 8.81. The third kappa shape index (κ3) is 5.07. The van der Waals surface area contributed by atoms with Crippen LogP contribution in [0.15, 0.2) is 47.6 Å². The van der Waals surface area contributed by atoms with Gasteiger partial charge in [0.25, 0.3) is 5.91 Å². The summed E-state index contributed by atoms with van der Waals surface area (Å²) in [6.45, 7) is 5.03. The Labute approximate surface area is 178 Å². The molecule has 0 fully saturated rings. The van der Waals surface area contributed by atoms with Crippen LogP contribution in [-0.4, -0.2) is 20.7 Å². The van der Waals surface area contributed by atoms with Crippen LogP contribution in [0.5, 0.6) is 0 Å². The number of benzene rings is 2. The predicted molar refractivity (Wildman–Crippen MR) is 114 cm³/mol. The number of nitrogens with zero attached hydrogens (tertiary/aromatic N) is 3. The summed E-state index contributed by atoms with van der Waals surface area (Å²) < 4.78 is 1.99. The van der Waals surface area contributed by atoms with Gasteiger partial charge in [0.05, 0.1) is 6.54 Å². The number of carbonyl (C=O) groups is 1. The van der Waals surface area contributed by atoms with Gasteiger partial charge in [-0.15, -0.1) is 10.2 Å². The molecule has 0 saturated carbocycles. The third-order valence-electron chi connectivity index (χ3n) is 4.20. The number of nitrogens with one attached hydrogen (secondary N) is 1. The van der Waals surface area contributed by atoms with Crippen molar-refractivity contribution < 1.29 is 4.79 Å². The number of aryl methyl sites for hydroxylation is 1. The number of halogens is 2. The second-order valence-electron chi connectivity index (χ2n) is 6.22. The molecule has 146 valence electrons. The molecule has 1 aromatic heterocycles. The van der Waals surface area contributed by atoms with E-state index >= 15 is 0 Å². The lowest BCUT2D eigenvalue weighted by Crippen LogP contribution is -2.24. The lowest BCUT2D eigenvalue weighted by Gasteiger charge is -2.09. The molecule has 0 radical (unpaired) electrons. The molecule has 28 heavy (non-hydrogen) atoms. The monoisotopic (exact) mass is 434 g/mol. The van der Waals surface area contributed by atoms with Crippen molar-refractivity contribution in [1.82, 2.24) is 20.1 Å². The Morgan fingerprint density at radius 3 is 2.57 bits per heavy atom. The molecule has 0 unspecified atom stereocenters. The fourth-order valence-electron chi connectivity index (χ4n) is 2.62. The molecule has 1 N–H and O–H groups in total. The van der Waals surface area contributed by atoms with Gasteiger partial charge in [0.15, 0.2) is 11.0 Å². The first-order valence-corrected chi connectivity index (χ1v) is 10.6. The van der Waals surface area contributed by atoms with Gasteiger partial charge in [-0.1, -0.05) is 58.7 Å². The molecule has 0 aliphatic heterocycles. The normalized spacial score (nSPS) is 10.9. The summed E-state index contributed by atoms with van der Waals surface area (Å²) in [5, 5.41) is 13.4. The molecule has 3 aromatic rings. The minimum atomic E-state index is -0.132. The van der Waals surface area contributed by atoms with Crippen molar-refractivity contribution in [3.05, 3.63) is 75.0 Å². The Hall–Kier alpha value is -2.02. The van der Waals surface area contributed by atoms with Gasteiger partial charge in [-0.2, -0.15) is 0 Å². The SMILES string of the molecule is CCn1c(CNC(=O)c2ccc(C)cc2)nnc1SCc1ccc(Cl)cc1Cl. The number of thioether (sulfide) groups is 1. The third-order valence-corrected chi connectivity index (χ3v) is 5.80. The van der Waals surface area contributed by atoms with E-state index in [4.69, 9.17) is 23.2 Å². The van der Waals surface area contributed by atoms with Crippen molar-refractivity contribution in [2.24, 2.45) is 0 Å². The van der Waals surface area contributed by atoms with Crippen molar-refractivity contribution in [3.63, 3.8) is 0 Å². The molecule has 3 rings (SSSR count). The van der Waals surface area contributed by atoms with E-state index in [1.54, 1.807) is 17.8 Å². The maximum Gasteiger partial charge on any atom is 0.251 e. The van der Waals surface area contributed by atoms with Crippen molar-refractivity contribution in [1.29, 1.82) is 0 Å². The summed E-state index contributed by atoms with van der Waals surface area (Å²) in [4.78, 5) is 12.3. The molecule has 0 aliphatic rings. The quantitative estimate of drug-likeness (QED) is 0.523. The van der Waals surface area contributed by atoms with Crippen LogP contribution in [0.2, 0.25) is 10.0 Å². The van der Waals surface area contributed by atoms with Gasteiger partial charge < -0.3 is 9.88 Å². The summed E-state index contributed by atoms with van der Waals surface area (Å²) in [5.41, 5.74) is 2.72. The van der Waals surface area contributed by atoms with Crippen molar-refractivity contribution in [2.45, 2.75) is 37.8 Å². The topological polar surface area (TPSA) is 59.8 Å². The second-order valence-corrected chi connectivity index (χ2v) is 8.00. The smallest absolute Gasteiger partial charge is 0.251 e. The highest BCUT2D eigenvalue weighted by molar-refractivity contribution is 7.98. The minimum absolute atomic E-state index is 0.132. The number of rotatable bonds is 7. The molecule has 2 aromatic carbocycles. The highest BCUT2D eigenvalue weighted by Gasteiger charge is 2.14. The van der Waals surface area contributed by atoms with Crippen LogP contribution >= 0.6 is 35.0 Å².